The fourth-order valence-electron chi connectivity index (χ4n) is 0. The van der Waals surface area contributed by atoms with Gasteiger partial charge >= 0.3 is 43.9 Å². The Kier molecular flexibility index (Phi) is 245. The van der Waals surface area contributed by atoms with Gasteiger partial charge < -0.3 is 11.0 Å². The first-order valence-corrected chi connectivity index (χ1v) is 0.408. The van der Waals surface area contributed by atoms with Gasteiger partial charge in [0, 0.05) is 0 Å². The zero-order valence-electron chi connectivity index (χ0n) is 2.92. The Labute approximate surface area is 64.1 Å². The van der Waals surface area contributed by atoms with Crippen LogP contribution in [0, 0.1) is 0 Å². The van der Waals surface area contributed by atoms with Crippen molar-refractivity contribution >= 4 is 43.9 Å². The normalized spacial score (nSPS) is 1.33. The third-order valence-corrected chi connectivity index (χ3v) is 0. The first-order chi connectivity index (χ1) is 1.41. The van der Waals surface area contributed by atoms with Crippen LogP contribution >= 0.6 is 0 Å². The van der Waals surface area contributed by atoms with Crippen molar-refractivity contribution in [2.24, 2.45) is 0 Å². The fourth-order valence-corrected chi connectivity index (χ4v) is 0. The Balaban J connectivity index is -0.00000000667. The van der Waals surface area contributed by atoms with Gasteiger partial charge in [-0.2, -0.15) is 9.59 Å². The second kappa shape index (κ2) is 47.5. The van der Waals surface area contributed by atoms with Gasteiger partial charge in [-0.3, -0.25) is 0 Å². The number of rotatable bonds is 0. The second-order valence-corrected chi connectivity index (χ2v) is 0.0833. The van der Waals surface area contributed by atoms with Crippen molar-refractivity contribution in [3.8, 4) is 0 Å². The largest absolute Gasteiger partial charge is 2.00 e. The Morgan fingerprint density at radius 3 is 1.00 bits per heavy atom. The summed E-state index contributed by atoms with van der Waals surface area (Å²) < 4.78 is 0. The minimum atomic E-state index is 0. The van der Waals surface area contributed by atoms with Crippen LogP contribution in [0.5, 0.6) is 0 Å². The maximum Gasteiger partial charge on any atom is 2.00 e. The minimum absolute atomic E-state index is 0. The van der Waals surface area contributed by atoms with E-state index in [-0.39, 0.29) is 54.8 Å². The van der Waals surface area contributed by atoms with Crippen LogP contribution in [0.25, 0.3) is 0 Å². The van der Waals surface area contributed by atoms with E-state index in [0.29, 0.717) is 0 Å². The van der Waals surface area contributed by atoms with E-state index in [0.717, 1.165) is 0 Å². The maximum atomic E-state index is 8.12. The molecule has 0 saturated carbocycles. The quantitative estimate of drug-likeness (QED) is 0.368. The summed E-state index contributed by atoms with van der Waals surface area (Å²) >= 11 is 0. The van der Waals surface area contributed by atoms with Crippen LogP contribution in [0.2, 0.25) is 0 Å². The van der Waals surface area contributed by atoms with Crippen LogP contribution in [0.1, 0.15) is 0 Å². The molecule has 0 saturated heterocycles. The molecule has 0 unspecified atom stereocenters. The van der Waals surface area contributed by atoms with E-state index in [1.54, 1.807) is 0 Å². The van der Waals surface area contributed by atoms with Gasteiger partial charge in [0.25, 0.3) is 0 Å². The van der Waals surface area contributed by atoms with Crippen molar-refractivity contribution in [3.63, 3.8) is 0 Å². The average Bonchev–Trinajstić information content (AvgIpc) is 0.918. The van der Waals surface area contributed by atoms with Crippen LogP contribution in [0.4, 0.5) is 0 Å². The first kappa shape index (κ1) is 30.9. The zero-order chi connectivity index (χ0) is 2.71. The maximum absolute atomic E-state index is 8.12. The molecule has 0 spiro atoms. The third kappa shape index (κ3) is 184. The van der Waals surface area contributed by atoms with Crippen molar-refractivity contribution in [2.75, 3.05) is 0 Å². The Morgan fingerprint density at radius 2 is 1.00 bits per heavy atom. The molecule has 0 fully saturated rings. The fraction of sp³-hybridized carbons (Fsp3) is 0. The smallest absolute Gasteiger partial charge is 0.870 e. The van der Waals surface area contributed by atoms with Gasteiger partial charge in [-0.25, -0.2) is 0 Å². The van der Waals surface area contributed by atoms with Crippen LogP contribution in [0.3, 0.4) is 0 Å². The molecule has 0 atom stereocenters. The van der Waals surface area contributed by atoms with Gasteiger partial charge in [0.05, 0.1) is 0 Å². The van der Waals surface area contributed by atoms with E-state index in [1.807, 2.05) is 0 Å². The molecule has 0 aliphatic heterocycles. The standard InChI is InChI=1S/CO2.Ca.2H2O/c2-1-3;;;/h;;2*1H2/q;+2;;/p-2. The summed E-state index contributed by atoms with van der Waals surface area (Å²) in [6.45, 7) is 0. The summed E-state index contributed by atoms with van der Waals surface area (Å²) in [4.78, 5) is 16.2. The summed E-state index contributed by atoms with van der Waals surface area (Å²) in [5.74, 6) is 0. The van der Waals surface area contributed by atoms with Gasteiger partial charge in [0.15, 0.2) is 0 Å². The molecule has 0 aliphatic rings. The van der Waals surface area contributed by atoms with E-state index in [2.05, 4.69) is 0 Å². The van der Waals surface area contributed by atoms with Crippen molar-refractivity contribution in [3.05, 3.63) is 0 Å². The molecule has 0 rings (SSSR count). The van der Waals surface area contributed by atoms with E-state index < -0.39 is 0 Å². The minimum Gasteiger partial charge on any atom is -0.870 e. The number of carbonyl (C=O) groups excluding carboxylic acids is 2. The molecule has 32 valence electrons. The van der Waals surface area contributed by atoms with E-state index in [4.69, 9.17) is 9.59 Å². The van der Waals surface area contributed by atoms with Crippen LogP contribution in [0.15, 0.2) is 0 Å². The summed E-state index contributed by atoms with van der Waals surface area (Å²) in [7, 11) is 0. The SMILES string of the molecule is O=C=O.[Ca+2].[OH-].[OH-]. The Bertz CT molecular complexity index is 28.5. The molecular weight excluding hydrogens is 116 g/mol. The summed E-state index contributed by atoms with van der Waals surface area (Å²) in [6.07, 6.45) is 0.250. The molecule has 6 heavy (non-hydrogen) atoms. The molecule has 0 aromatic carbocycles. The molecule has 4 nitrogen and oxygen atoms in total. The summed E-state index contributed by atoms with van der Waals surface area (Å²) in [5.41, 5.74) is 0. The number of hydrogen-bond acceptors (Lipinski definition) is 4. The van der Waals surface area contributed by atoms with E-state index >= 15 is 0 Å². The van der Waals surface area contributed by atoms with Crippen LogP contribution < -0.4 is 0 Å². The van der Waals surface area contributed by atoms with Crippen molar-refractivity contribution in [2.45, 2.75) is 0 Å². The van der Waals surface area contributed by atoms with Gasteiger partial charge in [0.2, 0.25) is 0 Å². The molecule has 2 N–H and O–H groups in total. The molecule has 0 bridgehead atoms. The molecule has 0 radical (unpaired) electrons. The first-order valence-electron chi connectivity index (χ1n) is 0.408. The monoisotopic (exact) mass is 118 g/mol. The topological polar surface area (TPSA) is 94.1 Å². The molecule has 0 aromatic rings. The molecule has 0 aromatic heterocycles. The van der Waals surface area contributed by atoms with Gasteiger partial charge in [-0.1, -0.05) is 0 Å². The zero-order valence-corrected chi connectivity index (χ0v) is 5.13. The number of hydrogen-bond donors (Lipinski definition) is 0. The van der Waals surface area contributed by atoms with Crippen molar-refractivity contribution in [1.82, 2.24) is 0 Å². The average molecular weight is 118 g/mol. The Hall–Kier alpha value is 0.560. The molecule has 0 heterocycles. The second-order valence-electron chi connectivity index (χ2n) is 0.0833. The predicted octanol–water partition coefficient (Wildman–Crippen LogP) is -1.32. The van der Waals surface area contributed by atoms with Crippen molar-refractivity contribution in [1.29, 1.82) is 0 Å². The predicted molar refractivity (Wildman–Crippen MR) is 14.6 cm³/mol. The van der Waals surface area contributed by atoms with Crippen molar-refractivity contribution < 1.29 is 20.5 Å². The molecule has 0 amide bonds. The molecule has 5 heteroatoms. The molecule has 0 aliphatic carbocycles. The molecular formula is CH2CaO4. The van der Waals surface area contributed by atoms with Gasteiger partial charge in [-0.05, 0) is 0 Å². The Morgan fingerprint density at radius 1 is 1.00 bits per heavy atom. The summed E-state index contributed by atoms with van der Waals surface area (Å²) in [6, 6.07) is 0. The van der Waals surface area contributed by atoms with Crippen LogP contribution in [-0.4, -0.2) is 54.8 Å². The third-order valence-electron chi connectivity index (χ3n) is 0. The summed E-state index contributed by atoms with van der Waals surface area (Å²) in [5, 5.41) is 0. The van der Waals surface area contributed by atoms with Crippen LogP contribution in [-0.2, 0) is 9.59 Å². The van der Waals surface area contributed by atoms with Gasteiger partial charge in [-0.15, -0.1) is 0 Å². The van der Waals surface area contributed by atoms with E-state index in [1.165, 1.54) is 0 Å². The van der Waals surface area contributed by atoms with E-state index in [9.17, 15) is 0 Å². The van der Waals surface area contributed by atoms with Gasteiger partial charge in [0.1, 0.15) is 0 Å².